The van der Waals surface area contributed by atoms with Gasteiger partial charge in [0.25, 0.3) is 0 Å². The Bertz CT molecular complexity index is 177. The summed E-state index contributed by atoms with van der Waals surface area (Å²) in [5.41, 5.74) is 11.9. The molecule has 0 spiro atoms. The highest BCUT2D eigenvalue weighted by Crippen LogP contribution is 2.14. The average molecular weight is 196 g/mol. The summed E-state index contributed by atoms with van der Waals surface area (Å²) in [5.74, 6) is 0. The van der Waals surface area contributed by atoms with Crippen molar-refractivity contribution in [2.45, 2.75) is 52.0 Å². The van der Waals surface area contributed by atoms with Gasteiger partial charge in [-0.3, -0.25) is 0 Å². The van der Waals surface area contributed by atoms with E-state index in [0.717, 1.165) is 0 Å². The first-order chi connectivity index (χ1) is 6.70. The molecule has 2 nitrogen and oxygen atoms in total. The molecule has 0 atom stereocenters. The van der Waals surface area contributed by atoms with E-state index >= 15 is 0 Å². The monoisotopic (exact) mass is 196 g/mol. The zero-order chi connectivity index (χ0) is 10.8. The Morgan fingerprint density at radius 1 is 1.21 bits per heavy atom. The minimum Gasteiger partial charge on any atom is -0.405 e. The molecule has 0 aromatic carbocycles. The molecular weight excluding hydrogens is 172 g/mol. The van der Waals surface area contributed by atoms with Crippen LogP contribution in [-0.4, -0.2) is 6.04 Å². The molecule has 1 saturated carbocycles. The van der Waals surface area contributed by atoms with Crippen LogP contribution in [0.2, 0.25) is 0 Å². The third kappa shape index (κ3) is 7.87. The van der Waals surface area contributed by atoms with Gasteiger partial charge in [0, 0.05) is 6.04 Å². The van der Waals surface area contributed by atoms with Gasteiger partial charge in [0.2, 0.25) is 0 Å². The topological polar surface area (TPSA) is 52.0 Å². The molecule has 0 heterocycles. The highest BCUT2D eigenvalue weighted by atomic mass is 14.6. The van der Waals surface area contributed by atoms with E-state index in [2.05, 4.69) is 0 Å². The first-order valence-electron chi connectivity index (χ1n) is 5.47. The van der Waals surface area contributed by atoms with Crippen LogP contribution in [-0.2, 0) is 0 Å². The van der Waals surface area contributed by atoms with E-state index < -0.39 is 0 Å². The normalized spacial score (nSPS) is 19.2. The van der Waals surface area contributed by atoms with Crippen molar-refractivity contribution in [1.29, 1.82) is 0 Å². The molecule has 0 aromatic rings. The second-order valence-electron chi connectivity index (χ2n) is 3.79. The van der Waals surface area contributed by atoms with Crippen molar-refractivity contribution in [1.82, 2.24) is 0 Å². The van der Waals surface area contributed by atoms with Gasteiger partial charge < -0.3 is 11.5 Å². The van der Waals surface area contributed by atoms with Gasteiger partial charge in [-0.1, -0.05) is 30.9 Å². The molecular formula is C12H24N2. The summed E-state index contributed by atoms with van der Waals surface area (Å²) >= 11 is 0. The Kier molecular flexibility index (Phi) is 8.34. The predicted molar refractivity (Wildman–Crippen MR) is 63.8 cm³/mol. The molecule has 0 unspecified atom stereocenters. The number of hydrogen-bond acceptors (Lipinski definition) is 2. The summed E-state index contributed by atoms with van der Waals surface area (Å²) in [6.07, 6.45) is 12.1. The quantitative estimate of drug-likeness (QED) is 0.633. The molecule has 2 heteroatoms. The third-order valence-corrected chi connectivity index (χ3v) is 2.46. The highest BCUT2D eigenvalue weighted by Gasteiger charge is 2.06. The first kappa shape index (κ1) is 13.2. The first-order valence-corrected chi connectivity index (χ1v) is 5.47. The molecule has 0 saturated heterocycles. The van der Waals surface area contributed by atoms with E-state index in [-0.39, 0.29) is 0 Å². The van der Waals surface area contributed by atoms with Gasteiger partial charge in [0.05, 0.1) is 0 Å². The van der Waals surface area contributed by atoms with Crippen molar-refractivity contribution in [3.05, 3.63) is 23.9 Å². The lowest BCUT2D eigenvalue weighted by Gasteiger charge is -2.15. The summed E-state index contributed by atoms with van der Waals surface area (Å²) in [6.45, 7) is 3.98. The lowest BCUT2D eigenvalue weighted by Crippen LogP contribution is -2.22. The zero-order valence-electron chi connectivity index (χ0n) is 9.50. The summed E-state index contributed by atoms with van der Waals surface area (Å²) in [6, 6.07) is 0.536. The van der Waals surface area contributed by atoms with Crippen LogP contribution in [0.1, 0.15) is 46.0 Å². The number of allylic oxidation sites excluding steroid dienone is 3. The van der Waals surface area contributed by atoms with Crippen molar-refractivity contribution in [3.8, 4) is 0 Å². The van der Waals surface area contributed by atoms with E-state index in [1.54, 1.807) is 0 Å². The lowest BCUT2D eigenvalue weighted by atomic mass is 9.97. The largest absolute Gasteiger partial charge is 0.405 e. The van der Waals surface area contributed by atoms with Crippen LogP contribution in [0.3, 0.4) is 0 Å². The van der Waals surface area contributed by atoms with Crippen LogP contribution in [0.4, 0.5) is 0 Å². The molecule has 0 aromatic heterocycles. The van der Waals surface area contributed by atoms with Crippen molar-refractivity contribution < 1.29 is 0 Å². The van der Waals surface area contributed by atoms with E-state index in [0.29, 0.717) is 6.04 Å². The molecule has 4 N–H and O–H groups in total. The van der Waals surface area contributed by atoms with Crippen molar-refractivity contribution in [2.24, 2.45) is 11.5 Å². The van der Waals surface area contributed by atoms with Gasteiger partial charge in [-0.05, 0) is 39.0 Å². The number of hydrogen-bond donors (Lipinski definition) is 2. The summed E-state index contributed by atoms with van der Waals surface area (Å²) < 4.78 is 0. The van der Waals surface area contributed by atoms with Gasteiger partial charge in [-0.2, -0.15) is 0 Å². The second-order valence-corrected chi connectivity index (χ2v) is 3.79. The molecule has 1 aliphatic carbocycles. The third-order valence-electron chi connectivity index (χ3n) is 2.46. The molecule has 1 fully saturated rings. The minimum atomic E-state index is 0.536. The van der Waals surface area contributed by atoms with Crippen molar-refractivity contribution >= 4 is 0 Å². The summed E-state index contributed by atoms with van der Waals surface area (Å²) in [5, 5.41) is 0. The summed E-state index contributed by atoms with van der Waals surface area (Å²) in [4.78, 5) is 0. The van der Waals surface area contributed by atoms with Gasteiger partial charge >= 0.3 is 0 Å². The standard InChI is InChI=1S/C6H13N.C6H11N/c7-6-4-2-1-3-5-6;1-3-6(2)4-5-7/h6H,1-5,7H2;3-5H,7H2,1-2H3/b;5-4-,6-3-. The van der Waals surface area contributed by atoms with Crippen LogP contribution >= 0.6 is 0 Å². The predicted octanol–water partition coefficient (Wildman–Crippen LogP) is 2.70. The van der Waals surface area contributed by atoms with Gasteiger partial charge in [0.15, 0.2) is 0 Å². The van der Waals surface area contributed by atoms with E-state index in [1.807, 2.05) is 26.0 Å². The van der Waals surface area contributed by atoms with Crippen LogP contribution in [0.15, 0.2) is 23.9 Å². The molecule has 0 bridgehead atoms. The smallest absolute Gasteiger partial charge is 0.00388 e. The van der Waals surface area contributed by atoms with Crippen molar-refractivity contribution in [2.75, 3.05) is 0 Å². The second kappa shape index (κ2) is 8.82. The van der Waals surface area contributed by atoms with E-state index in [1.165, 1.54) is 43.9 Å². The zero-order valence-corrected chi connectivity index (χ0v) is 9.50. The van der Waals surface area contributed by atoms with Crippen molar-refractivity contribution in [3.63, 3.8) is 0 Å². The Labute approximate surface area is 88.1 Å². The Hall–Kier alpha value is -0.760. The number of nitrogens with two attached hydrogens (primary N) is 2. The molecule has 0 radical (unpaired) electrons. The fourth-order valence-corrected chi connectivity index (χ4v) is 1.38. The molecule has 1 rings (SSSR count). The van der Waals surface area contributed by atoms with Crippen LogP contribution < -0.4 is 11.5 Å². The molecule has 1 aliphatic rings. The molecule has 82 valence electrons. The number of rotatable bonds is 1. The van der Waals surface area contributed by atoms with Gasteiger partial charge in [0.1, 0.15) is 0 Å². The summed E-state index contributed by atoms with van der Waals surface area (Å²) in [7, 11) is 0. The maximum Gasteiger partial charge on any atom is 0.00388 e. The maximum atomic E-state index is 5.63. The molecule has 0 amide bonds. The SMILES string of the molecule is C/C=C(C)\C=C/N.NC1CCCCC1. The maximum absolute atomic E-state index is 5.63. The highest BCUT2D eigenvalue weighted by molar-refractivity contribution is 5.13. The minimum absolute atomic E-state index is 0.536. The van der Waals surface area contributed by atoms with Crippen LogP contribution in [0.25, 0.3) is 0 Å². The Balaban J connectivity index is 0.000000241. The fraction of sp³-hybridized carbons (Fsp3) is 0.667. The molecule has 14 heavy (non-hydrogen) atoms. The molecule has 0 aliphatic heterocycles. The Morgan fingerprint density at radius 3 is 2.00 bits per heavy atom. The fourth-order valence-electron chi connectivity index (χ4n) is 1.38. The lowest BCUT2D eigenvalue weighted by molar-refractivity contribution is 0.441. The Morgan fingerprint density at radius 2 is 1.79 bits per heavy atom. The van der Waals surface area contributed by atoms with Crippen LogP contribution in [0, 0.1) is 0 Å². The van der Waals surface area contributed by atoms with Crippen LogP contribution in [0.5, 0.6) is 0 Å². The van der Waals surface area contributed by atoms with E-state index in [4.69, 9.17) is 11.5 Å². The van der Waals surface area contributed by atoms with Gasteiger partial charge in [-0.15, -0.1) is 0 Å². The van der Waals surface area contributed by atoms with E-state index in [9.17, 15) is 0 Å². The van der Waals surface area contributed by atoms with Gasteiger partial charge in [-0.25, -0.2) is 0 Å². The average Bonchev–Trinajstić information content (AvgIpc) is 2.20.